The van der Waals surface area contributed by atoms with E-state index in [0.29, 0.717) is 25.7 Å². The predicted octanol–water partition coefficient (Wildman–Crippen LogP) is 2.70. The second-order valence-corrected chi connectivity index (χ2v) is 4.73. The maximum Gasteiger partial charge on any atom is 0.220 e. The first-order valence-electron chi connectivity index (χ1n) is 6.94. The van der Waals surface area contributed by atoms with Gasteiger partial charge in [0.15, 0.2) is 0 Å². The van der Waals surface area contributed by atoms with E-state index in [1.807, 2.05) is 25.1 Å². The van der Waals surface area contributed by atoms with Crippen molar-refractivity contribution in [3.8, 4) is 0 Å². The molecule has 0 atom stereocenters. The van der Waals surface area contributed by atoms with Crippen LogP contribution in [0.1, 0.15) is 36.5 Å². The summed E-state index contributed by atoms with van der Waals surface area (Å²) in [5.74, 6) is 0.132. The summed E-state index contributed by atoms with van der Waals surface area (Å²) in [7, 11) is 1.61. The minimum Gasteiger partial charge on any atom is -0.359 e. The molecule has 0 aliphatic carbocycles. The zero-order valence-electron chi connectivity index (χ0n) is 12.4. The van der Waals surface area contributed by atoms with E-state index in [1.54, 1.807) is 7.05 Å². The largest absolute Gasteiger partial charge is 0.359 e. The van der Waals surface area contributed by atoms with Gasteiger partial charge in [-0.2, -0.15) is 0 Å². The van der Waals surface area contributed by atoms with Crippen LogP contribution in [0.25, 0.3) is 10.4 Å². The highest BCUT2D eigenvalue weighted by Gasteiger charge is 2.08. The molecule has 0 radical (unpaired) electrons. The first kappa shape index (κ1) is 16.7. The van der Waals surface area contributed by atoms with Gasteiger partial charge in [-0.05, 0) is 28.6 Å². The van der Waals surface area contributed by atoms with Crippen molar-refractivity contribution in [3.63, 3.8) is 0 Å². The Labute approximate surface area is 124 Å². The number of nitrogens with one attached hydrogen (secondary N) is 1. The molecule has 1 amide bonds. The maximum absolute atomic E-state index is 11.6. The first-order valence-corrected chi connectivity index (χ1v) is 6.94. The summed E-state index contributed by atoms with van der Waals surface area (Å²) in [4.78, 5) is 25.6. The Kier molecular flexibility index (Phi) is 6.98. The van der Waals surface area contributed by atoms with Gasteiger partial charge in [0.1, 0.15) is 5.78 Å². The number of Topliss-reactive ketones (excluding diaryl/α,β-unsaturated/α-hetero) is 1. The van der Waals surface area contributed by atoms with Gasteiger partial charge in [-0.3, -0.25) is 9.59 Å². The fourth-order valence-corrected chi connectivity index (χ4v) is 1.98. The zero-order chi connectivity index (χ0) is 15.7. The van der Waals surface area contributed by atoms with E-state index < -0.39 is 0 Å². The molecular formula is C15H20N4O2. The molecule has 112 valence electrons. The minimum absolute atomic E-state index is 0.0168. The molecule has 0 unspecified atom stereocenters. The fraction of sp³-hybridized carbons (Fsp3) is 0.467. The molecule has 0 aromatic heterocycles. The van der Waals surface area contributed by atoms with Crippen LogP contribution >= 0.6 is 0 Å². The van der Waals surface area contributed by atoms with E-state index in [0.717, 1.165) is 16.7 Å². The number of hydrogen-bond acceptors (Lipinski definition) is 3. The number of amides is 1. The highest BCUT2D eigenvalue weighted by atomic mass is 16.1. The molecule has 0 aliphatic heterocycles. The van der Waals surface area contributed by atoms with E-state index in [9.17, 15) is 9.59 Å². The monoisotopic (exact) mass is 288 g/mol. The molecule has 6 heteroatoms. The third-order valence-electron chi connectivity index (χ3n) is 3.28. The normalized spacial score (nSPS) is 9.81. The van der Waals surface area contributed by atoms with Crippen LogP contribution in [0.3, 0.4) is 0 Å². The summed E-state index contributed by atoms with van der Waals surface area (Å²) in [6, 6.07) is 5.71. The van der Waals surface area contributed by atoms with Crippen molar-refractivity contribution in [2.75, 3.05) is 7.05 Å². The summed E-state index contributed by atoms with van der Waals surface area (Å²) in [6.45, 7) is 2.05. The molecule has 0 fully saturated rings. The molecule has 0 aliphatic rings. The van der Waals surface area contributed by atoms with Gasteiger partial charge in [0.05, 0.1) is 6.54 Å². The Morgan fingerprint density at radius 2 is 2.10 bits per heavy atom. The quantitative estimate of drug-likeness (QED) is 0.452. The molecule has 6 nitrogen and oxygen atoms in total. The Morgan fingerprint density at radius 3 is 2.71 bits per heavy atom. The minimum atomic E-state index is -0.0168. The molecule has 0 saturated carbocycles. The van der Waals surface area contributed by atoms with Gasteiger partial charge in [-0.25, -0.2) is 0 Å². The molecule has 1 N–H and O–H groups in total. The lowest BCUT2D eigenvalue weighted by atomic mass is 9.97. The molecule has 0 bridgehead atoms. The number of aryl methyl sites for hydroxylation is 1. The van der Waals surface area contributed by atoms with Crippen molar-refractivity contribution < 1.29 is 9.59 Å². The molecule has 1 rings (SSSR count). The van der Waals surface area contributed by atoms with Crippen molar-refractivity contribution >= 4 is 11.7 Å². The summed E-state index contributed by atoms with van der Waals surface area (Å²) < 4.78 is 0. The number of ketones is 1. The van der Waals surface area contributed by atoms with Gasteiger partial charge in [0.2, 0.25) is 5.91 Å². The van der Waals surface area contributed by atoms with Gasteiger partial charge in [-0.15, -0.1) is 0 Å². The lowest BCUT2D eigenvalue weighted by molar-refractivity contribution is -0.120. The topological polar surface area (TPSA) is 94.9 Å². The third-order valence-corrected chi connectivity index (χ3v) is 3.28. The highest BCUT2D eigenvalue weighted by Crippen LogP contribution is 2.16. The van der Waals surface area contributed by atoms with Crippen molar-refractivity contribution in [2.45, 2.75) is 39.2 Å². The van der Waals surface area contributed by atoms with Crippen molar-refractivity contribution in [3.05, 3.63) is 45.3 Å². The summed E-state index contributed by atoms with van der Waals surface area (Å²) in [6.07, 6.45) is 1.86. The van der Waals surface area contributed by atoms with Crippen LogP contribution in [0.15, 0.2) is 23.3 Å². The summed E-state index contributed by atoms with van der Waals surface area (Å²) in [5.41, 5.74) is 11.2. The molecule has 21 heavy (non-hydrogen) atoms. The lowest BCUT2D eigenvalue weighted by Crippen LogP contribution is -2.18. The van der Waals surface area contributed by atoms with Crippen LogP contribution in [0.2, 0.25) is 0 Å². The smallest absolute Gasteiger partial charge is 0.220 e. The van der Waals surface area contributed by atoms with E-state index in [1.165, 1.54) is 0 Å². The SMILES string of the molecule is CCC(=O)Cc1ccc(CCC(=O)NC)cc1CN=[N+]=[N-]. The molecule has 1 aromatic rings. The second-order valence-electron chi connectivity index (χ2n) is 4.73. The van der Waals surface area contributed by atoms with E-state index in [4.69, 9.17) is 5.53 Å². The predicted molar refractivity (Wildman–Crippen MR) is 80.7 cm³/mol. The number of carbonyl (C=O) groups is 2. The highest BCUT2D eigenvalue weighted by molar-refractivity contribution is 5.81. The third kappa shape index (κ3) is 5.67. The lowest BCUT2D eigenvalue weighted by Gasteiger charge is -2.09. The number of hydrogen-bond donors (Lipinski definition) is 1. The molecule has 0 heterocycles. The second kappa shape index (κ2) is 8.76. The van der Waals surface area contributed by atoms with Crippen molar-refractivity contribution in [2.24, 2.45) is 5.11 Å². The van der Waals surface area contributed by atoms with Gasteiger partial charge in [0.25, 0.3) is 0 Å². The Balaban J connectivity index is 2.91. The van der Waals surface area contributed by atoms with Crippen LogP contribution in [-0.2, 0) is 29.0 Å². The molecule has 0 saturated heterocycles. The van der Waals surface area contributed by atoms with Crippen molar-refractivity contribution in [1.82, 2.24) is 5.32 Å². The number of nitrogens with zero attached hydrogens (tertiary/aromatic N) is 3. The van der Waals surface area contributed by atoms with E-state index >= 15 is 0 Å². The van der Waals surface area contributed by atoms with Crippen LogP contribution in [0.5, 0.6) is 0 Å². The number of benzene rings is 1. The van der Waals surface area contributed by atoms with E-state index in [-0.39, 0.29) is 18.2 Å². The van der Waals surface area contributed by atoms with Crippen LogP contribution in [0.4, 0.5) is 0 Å². The maximum atomic E-state index is 11.6. The zero-order valence-corrected chi connectivity index (χ0v) is 12.4. The van der Waals surface area contributed by atoms with Gasteiger partial charge >= 0.3 is 0 Å². The number of azide groups is 1. The summed E-state index contributed by atoms with van der Waals surface area (Å²) in [5, 5.41) is 6.16. The van der Waals surface area contributed by atoms with Gasteiger partial charge in [-0.1, -0.05) is 30.2 Å². The number of rotatable bonds is 8. The fourth-order valence-electron chi connectivity index (χ4n) is 1.98. The van der Waals surface area contributed by atoms with Crippen LogP contribution in [0, 0.1) is 0 Å². The molecule has 0 spiro atoms. The standard InChI is InChI=1S/C15H20N4O2/c1-3-14(20)9-12-6-4-11(5-7-15(21)17-2)8-13(12)10-18-19-16/h4,6,8H,3,5,7,9-10H2,1-2H3,(H,17,21). The Bertz CT molecular complexity index is 563. The van der Waals surface area contributed by atoms with Gasteiger partial charge < -0.3 is 5.32 Å². The number of carbonyl (C=O) groups excluding carboxylic acids is 2. The van der Waals surface area contributed by atoms with Crippen molar-refractivity contribution in [1.29, 1.82) is 0 Å². The molecule has 1 aromatic carbocycles. The van der Waals surface area contributed by atoms with Gasteiger partial charge in [0, 0.05) is 31.2 Å². The van der Waals surface area contributed by atoms with E-state index in [2.05, 4.69) is 15.3 Å². The van der Waals surface area contributed by atoms with Crippen LogP contribution in [-0.4, -0.2) is 18.7 Å². The Morgan fingerprint density at radius 1 is 1.33 bits per heavy atom. The average molecular weight is 288 g/mol. The summed E-state index contributed by atoms with van der Waals surface area (Å²) >= 11 is 0. The average Bonchev–Trinajstić information content (AvgIpc) is 2.51. The first-order chi connectivity index (χ1) is 10.1. The van der Waals surface area contributed by atoms with Crippen LogP contribution < -0.4 is 5.32 Å². The Hall–Kier alpha value is -2.33. The molecular weight excluding hydrogens is 268 g/mol.